The quantitative estimate of drug-likeness (QED) is 0.606. The normalized spacial score (nSPS) is 18.0. The van der Waals surface area contributed by atoms with Gasteiger partial charge >= 0.3 is 0 Å². The first-order chi connectivity index (χ1) is 16.0. The number of rotatable bonds is 6. The van der Waals surface area contributed by atoms with Crippen LogP contribution in [0.1, 0.15) is 35.8 Å². The number of aromatic nitrogens is 3. The van der Waals surface area contributed by atoms with Crippen LogP contribution < -0.4 is 10.9 Å². The highest BCUT2D eigenvalue weighted by Crippen LogP contribution is 2.37. The summed E-state index contributed by atoms with van der Waals surface area (Å²) in [5, 5.41) is 9.18. The molecule has 0 spiro atoms. The number of hydrogen-bond donors (Lipinski definition) is 2. The third kappa shape index (κ3) is 4.84. The van der Waals surface area contributed by atoms with Crippen molar-refractivity contribution in [3.8, 4) is 11.1 Å². The number of nitrogens with one attached hydrogen (secondary N) is 2. The van der Waals surface area contributed by atoms with E-state index in [1.165, 1.54) is 12.1 Å². The molecule has 4 rings (SSSR count). The van der Waals surface area contributed by atoms with Crippen LogP contribution in [0.5, 0.6) is 0 Å². The zero-order valence-corrected chi connectivity index (χ0v) is 18.6. The third-order valence-electron chi connectivity index (χ3n) is 6.10. The molecule has 3 heterocycles. The van der Waals surface area contributed by atoms with Gasteiger partial charge in [0, 0.05) is 43.7 Å². The molecule has 0 bridgehead atoms. The van der Waals surface area contributed by atoms with E-state index in [1.54, 1.807) is 11.1 Å². The van der Waals surface area contributed by atoms with Gasteiger partial charge in [0.2, 0.25) is 5.91 Å². The number of carbonyl (C=O) groups excluding carboxylic acids is 2. The van der Waals surface area contributed by atoms with Gasteiger partial charge in [0.15, 0.2) is 0 Å². The third-order valence-corrected chi connectivity index (χ3v) is 6.10. The molecule has 2 N–H and O–H groups in total. The summed E-state index contributed by atoms with van der Waals surface area (Å²) in [5.74, 6) is -0.349. The molecule has 2 amide bonds. The lowest BCUT2D eigenvalue weighted by Crippen LogP contribution is -2.54. The van der Waals surface area contributed by atoms with Crippen LogP contribution in [0.3, 0.4) is 0 Å². The number of nitrogens with zero attached hydrogens (tertiary/aromatic N) is 3. The Morgan fingerprint density at radius 1 is 1.15 bits per heavy atom. The minimum absolute atomic E-state index is 0.0575. The summed E-state index contributed by atoms with van der Waals surface area (Å²) in [5.41, 5.74) is 2.07. The second-order valence-electron chi connectivity index (χ2n) is 8.35. The van der Waals surface area contributed by atoms with Gasteiger partial charge in [-0.15, -0.1) is 0 Å². The lowest BCUT2D eigenvalue weighted by molar-refractivity contribution is -0.133. The van der Waals surface area contributed by atoms with Crippen molar-refractivity contribution in [1.29, 1.82) is 0 Å². The Balaban J connectivity index is 1.68. The van der Waals surface area contributed by atoms with Crippen molar-refractivity contribution >= 4 is 11.8 Å². The van der Waals surface area contributed by atoms with E-state index in [-0.39, 0.29) is 29.6 Å². The molecule has 1 aromatic carbocycles. The lowest BCUT2D eigenvalue weighted by atomic mass is 9.73. The Morgan fingerprint density at radius 3 is 2.73 bits per heavy atom. The zero-order chi connectivity index (χ0) is 23.3. The van der Waals surface area contributed by atoms with Crippen LogP contribution in [-0.2, 0) is 11.2 Å². The topological polar surface area (TPSA) is 108 Å². The van der Waals surface area contributed by atoms with Crippen LogP contribution in [0.4, 0.5) is 0 Å². The van der Waals surface area contributed by atoms with Crippen molar-refractivity contribution in [2.45, 2.75) is 26.2 Å². The monoisotopic (exact) mass is 445 g/mol. The first kappa shape index (κ1) is 22.4. The van der Waals surface area contributed by atoms with Gasteiger partial charge in [-0.25, -0.2) is 5.10 Å². The Kier molecular flexibility index (Phi) is 6.63. The molecule has 33 heavy (non-hydrogen) atoms. The number of benzene rings is 1. The maximum absolute atomic E-state index is 13.4. The molecule has 8 nitrogen and oxygen atoms in total. The van der Waals surface area contributed by atoms with Crippen molar-refractivity contribution in [1.82, 2.24) is 25.4 Å². The molecule has 1 aliphatic heterocycles. The van der Waals surface area contributed by atoms with Crippen molar-refractivity contribution in [3.05, 3.63) is 82.5 Å². The van der Waals surface area contributed by atoms with Crippen molar-refractivity contribution in [2.24, 2.45) is 5.41 Å². The minimum Gasteiger partial charge on any atom is -0.356 e. The van der Waals surface area contributed by atoms with Crippen LogP contribution in [0.2, 0.25) is 0 Å². The fourth-order valence-corrected chi connectivity index (χ4v) is 4.53. The number of likely N-dealkylation sites (tertiary alicyclic amines) is 1. The first-order valence-electron chi connectivity index (χ1n) is 11.1. The molecule has 1 saturated heterocycles. The predicted octanol–water partition coefficient (Wildman–Crippen LogP) is 2.43. The highest BCUT2D eigenvalue weighted by atomic mass is 16.2. The Morgan fingerprint density at radius 2 is 2.00 bits per heavy atom. The number of piperidine rings is 1. The van der Waals surface area contributed by atoms with Crippen molar-refractivity contribution in [2.75, 3.05) is 19.6 Å². The summed E-state index contributed by atoms with van der Waals surface area (Å²) >= 11 is 0. The summed E-state index contributed by atoms with van der Waals surface area (Å²) in [4.78, 5) is 43.8. The van der Waals surface area contributed by atoms with Crippen LogP contribution in [0.15, 0.2) is 65.7 Å². The molecule has 0 aliphatic carbocycles. The van der Waals surface area contributed by atoms with E-state index in [2.05, 4.69) is 20.5 Å². The molecule has 1 unspecified atom stereocenters. The molecule has 3 aromatic rings. The summed E-state index contributed by atoms with van der Waals surface area (Å²) < 4.78 is 0. The Labute approximate surface area is 192 Å². The van der Waals surface area contributed by atoms with E-state index >= 15 is 0 Å². The SMILES string of the molecule is CCNC(=O)C1(Cc2ccccc2-c2cccnc2)CCCN(C(=O)c2ccc(=O)[nH]n2)C1. The molecule has 8 heteroatoms. The summed E-state index contributed by atoms with van der Waals surface area (Å²) in [6, 6.07) is 14.6. The Hall–Kier alpha value is -3.81. The molecule has 1 atom stereocenters. The van der Waals surface area contributed by atoms with E-state index in [0.29, 0.717) is 32.4 Å². The number of carbonyl (C=O) groups is 2. The van der Waals surface area contributed by atoms with Gasteiger partial charge in [-0.1, -0.05) is 30.3 Å². The molecule has 0 saturated carbocycles. The average molecular weight is 446 g/mol. The number of hydrogen-bond acceptors (Lipinski definition) is 5. The van der Waals surface area contributed by atoms with Crippen LogP contribution in [-0.4, -0.2) is 51.5 Å². The van der Waals surface area contributed by atoms with Gasteiger partial charge in [-0.2, -0.15) is 5.10 Å². The average Bonchev–Trinajstić information content (AvgIpc) is 2.85. The first-order valence-corrected chi connectivity index (χ1v) is 11.1. The number of pyridine rings is 1. The van der Waals surface area contributed by atoms with Gasteiger partial charge in [0.1, 0.15) is 5.69 Å². The maximum Gasteiger partial charge on any atom is 0.274 e. The van der Waals surface area contributed by atoms with E-state index in [1.807, 2.05) is 49.5 Å². The molecule has 2 aromatic heterocycles. The van der Waals surface area contributed by atoms with E-state index < -0.39 is 5.41 Å². The number of amides is 2. The van der Waals surface area contributed by atoms with Gasteiger partial charge in [0.25, 0.3) is 11.5 Å². The molecular weight excluding hydrogens is 418 g/mol. The fraction of sp³-hybridized carbons (Fsp3) is 0.320. The van der Waals surface area contributed by atoms with Gasteiger partial charge in [-0.05, 0) is 49.4 Å². The van der Waals surface area contributed by atoms with Gasteiger partial charge in [0.05, 0.1) is 5.41 Å². The fourth-order valence-electron chi connectivity index (χ4n) is 4.53. The molecular formula is C25H27N5O3. The number of aromatic amines is 1. The number of H-pyrrole nitrogens is 1. The van der Waals surface area contributed by atoms with E-state index in [9.17, 15) is 14.4 Å². The highest BCUT2D eigenvalue weighted by Gasteiger charge is 2.44. The van der Waals surface area contributed by atoms with Crippen molar-refractivity contribution in [3.63, 3.8) is 0 Å². The molecule has 1 aliphatic rings. The zero-order valence-electron chi connectivity index (χ0n) is 18.6. The highest BCUT2D eigenvalue weighted by molar-refractivity contribution is 5.93. The summed E-state index contributed by atoms with van der Waals surface area (Å²) in [7, 11) is 0. The smallest absolute Gasteiger partial charge is 0.274 e. The van der Waals surface area contributed by atoms with Crippen LogP contribution >= 0.6 is 0 Å². The minimum atomic E-state index is -0.773. The second kappa shape index (κ2) is 9.77. The van der Waals surface area contributed by atoms with Gasteiger partial charge in [-0.3, -0.25) is 19.4 Å². The van der Waals surface area contributed by atoms with Gasteiger partial charge < -0.3 is 10.2 Å². The summed E-state index contributed by atoms with van der Waals surface area (Å²) in [6.07, 6.45) is 5.41. The molecule has 0 radical (unpaired) electrons. The molecule has 1 fully saturated rings. The second-order valence-corrected chi connectivity index (χ2v) is 8.35. The van der Waals surface area contributed by atoms with E-state index in [0.717, 1.165) is 16.7 Å². The summed E-state index contributed by atoms with van der Waals surface area (Å²) in [6.45, 7) is 3.22. The maximum atomic E-state index is 13.4. The van der Waals surface area contributed by atoms with E-state index in [4.69, 9.17) is 0 Å². The lowest BCUT2D eigenvalue weighted by Gasteiger charge is -2.42. The predicted molar refractivity (Wildman–Crippen MR) is 124 cm³/mol. The standard InChI is InChI=1S/C25H27N5O3/c1-2-27-24(33)25(15-18-7-3-4-9-20(18)19-8-5-13-26-16-19)12-6-14-30(17-25)23(32)21-10-11-22(31)29-28-21/h3-5,7-11,13,16H,2,6,12,14-15,17H2,1H3,(H,27,33)(H,29,31). The van der Waals surface area contributed by atoms with Crippen LogP contribution in [0.25, 0.3) is 11.1 Å². The van der Waals surface area contributed by atoms with Crippen LogP contribution in [0, 0.1) is 5.41 Å². The van der Waals surface area contributed by atoms with Crippen molar-refractivity contribution < 1.29 is 9.59 Å². The largest absolute Gasteiger partial charge is 0.356 e. The Bertz CT molecular complexity index is 1170. The molecule has 170 valence electrons.